The summed E-state index contributed by atoms with van der Waals surface area (Å²) in [6.07, 6.45) is 3.34. The van der Waals surface area contributed by atoms with Gasteiger partial charge in [-0.1, -0.05) is 6.92 Å². The normalized spacial score (nSPS) is 14.8. The first-order valence-corrected chi connectivity index (χ1v) is 8.81. The largest absolute Gasteiger partial charge is 0.312 e. The minimum atomic E-state index is -3.18. The fourth-order valence-electron chi connectivity index (χ4n) is 2.10. The predicted octanol–water partition coefficient (Wildman–Crippen LogP) is 1.20. The summed E-state index contributed by atoms with van der Waals surface area (Å²) < 4.78 is 25.0. The monoisotopic (exact) mass is 302 g/mol. The summed E-state index contributed by atoms with van der Waals surface area (Å²) in [6, 6.07) is 0.000299. The molecule has 0 aliphatic heterocycles. The van der Waals surface area contributed by atoms with Crippen LogP contribution < -0.4 is 5.32 Å². The molecule has 116 valence electrons. The number of hydrogen-bond donors (Lipinski definition) is 1. The van der Waals surface area contributed by atoms with E-state index in [4.69, 9.17) is 0 Å². The van der Waals surface area contributed by atoms with Gasteiger partial charge in [0.2, 0.25) is 0 Å². The van der Waals surface area contributed by atoms with Crippen LogP contribution in [-0.2, 0) is 16.3 Å². The third kappa shape index (κ3) is 3.58. The Morgan fingerprint density at radius 1 is 1.40 bits per heavy atom. The van der Waals surface area contributed by atoms with Gasteiger partial charge >= 0.3 is 0 Å². The predicted molar refractivity (Wildman–Crippen MR) is 80.5 cm³/mol. The molecule has 0 bridgehead atoms. The zero-order valence-electron chi connectivity index (χ0n) is 13.2. The summed E-state index contributed by atoms with van der Waals surface area (Å²) in [6.45, 7) is 10.2. The Morgan fingerprint density at radius 2 is 2.00 bits per heavy atom. The smallest absolute Gasteiger partial charge is 0.154 e. The van der Waals surface area contributed by atoms with E-state index in [1.54, 1.807) is 13.8 Å². The fraction of sp³-hybridized carbons (Fsp3) is 0.846. The van der Waals surface area contributed by atoms with Crippen LogP contribution in [0.25, 0.3) is 0 Å². The Morgan fingerprint density at radius 3 is 2.45 bits per heavy atom. The highest BCUT2D eigenvalue weighted by Gasteiger charge is 2.39. The van der Waals surface area contributed by atoms with Crippen LogP contribution in [-0.4, -0.2) is 46.8 Å². The molecule has 1 N–H and O–H groups in total. The van der Waals surface area contributed by atoms with Crippen LogP contribution in [0.15, 0.2) is 6.33 Å². The molecule has 7 heteroatoms. The molecular weight excluding hydrogens is 276 g/mol. The van der Waals surface area contributed by atoms with Crippen molar-refractivity contribution in [1.82, 2.24) is 20.1 Å². The molecular formula is C13H26N4O2S. The molecule has 0 fully saturated rings. The second-order valence-electron chi connectivity index (χ2n) is 5.90. The number of sulfone groups is 1. The summed E-state index contributed by atoms with van der Waals surface area (Å²) in [5.74, 6) is 0.808. The van der Waals surface area contributed by atoms with Gasteiger partial charge in [0, 0.05) is 24.8 Å². The molecule has 0 aliphatic carbocycles. The molecule has 6 nitrogen and oxygen atoms in total. The van der Waals surface area contributed by atoms with Crippen LogP contribution in [0.1, 0.15) is 46.5 Å². The summed E-state index contributed by atoms with van der Waals surface area (Å²) >= 11 is 0. The molecule has 0 radical (unpaired) electrons. The van der Waals surface area contributed by atoms with Gasteiger partial charge in [-0.25, -0.2) is 18.1 Å². The third-order valence-electron chi connectivity index (χ3n) is 3.77. The molecule has 1 aromatic rings. The van der Waals surface area contributed by atoms with Gasteiger partial charge in [0.15, 0.2) is 9.84 Å². The number of aromatic nitrogens is 3. The van der Waals surface area contributed by atoms with E-state index in [0.717, 1.165) is 5.82 Å². The Hall–Kier alpha value is -0.950. The molecule has 0 spiro atoms. The molecule has 0 aromatic carbocycles. The van der Waals surface area contributed by atoms with E-state index in [-0.39, 0.29) is 12.1 Å². The first-order chi connectivity index (χ1) is 9.11. The SMILES string of the molecule is CCNC(Cc1ncnn1C(C)C)C(C)(C)S(C)(=O)=O. The number of likely N-dealkylation sites (N-methyl/N-ethyl adjacent to an activating group) is 1. The summed E-state index contributed by atoms with van der Waals surface area (Å²) in [5.41, 5.74) is 0. The maximum absolute atomic E-state index is 12.0. The van der Waals surface area contributed by atoms with Gasteiger partial charge in [-0.3, -0.25) is 0 Å². The van der Waals surface area contributed by atoms with Gasteiger partial charge in [-0.2, -0.15) is 5.10 Å². The topological polar surface area (TPSA) is 76.9 Å². The number of nitrogens with zero attached hydrogens (tertiary/aromatic N) is 3. The lowest BCUT2D eigenvalue weighted by atomic mass is 9.99. The summed E-state index contributed by atoms with van der Waals surface area (Å²) in [4.78, 5) is 4.27. The molecule has 20 heavy (non-hydrogen) atoms. The highest BCUT2D eigenvalue weighted by atomic mass is 32.2. The van der Waals surface area contributed by atoms with E-state index in [2.05, 4.69) is 15.4 Å². The van der Waals surface area contributed by atoms with Crippen LogP contribution in [0.2, 0.25) is 0 Å². The molecule has 1 unspecified atom stereocenters. The lowest BCUT2D eigenvalue weighted by molar-refractivity contribution is 0.393. The van der Waals surface area contributed by atoms with Crippen molar-refractivity contribution >= 4 is 9.84 Å². The van der Waals surface area contributed by atoms with Crippen molar-refractivity contribution in [2.45, 2.75) is 57.9 Å². The Bertz CT molecular complexity index is 534. The molecule has 1 heterocycles. The van der Waals surface area contributed by atoms with Crippen LogP contribution in [0.4, 0.5) is 0 Å². The Labute approximate surface area is 121 Å². The second kappa shape index (κ2) is 6.22. The van der Waals surface area contributed by atoms with E-state index < -0.39 is 14.6 Å². The number of rotatable bonds is 7. The van der Waals surface area contributed by atoms with Gasteiger partial charge in [0.1, 0.15) is 12.2 Å². The van der Waals surface area contributed by atoms with E-state index in [1.165, 1.54) is 12.6 Å². The van der Waals surface area contributed by atoms with Crippen molar-refractivity contribution in [2.75, 3.05) is 12.8 Å². The third-order valence-corrected chi connectivity index (χ3v) is 5.96. The van der Waals surface area contributed by atoms with Crippen molar-refractivity contribution < 1.29 is 8.42 Å². The highest BCUT2D eigenvalue weighted by Crippen LogP contribution is 2.23. The van der Waals surface area contributed by atoms with Gasteiger partial charge in [0.25, 0.3) is 0 Å². The van der Waals surface area contributed by atoms with Crippen LogP contribution in [0, 0.1) is 0 Å². The Balaban J connectivity index is 3.07. The van der Waals surface area contributed by atoms with Crippen molar-refractivity contribution in [1.29, 1.82) is 0 Å². The minimum absolute atomic E-state index is 0.204. The standard InChI is InChI=1S/C13H26N4O2S/c1-7-14-11(13(4,5)20(6,18)19)8-12-15-9-16-17(12)10(2)3/h9-11,14H,7-8H2,1-6H3. The number of nitrogens with one attached hydrogen (secondary N) is 1. The quantitative estimate of drug-likeness (QED) is 0.819. The van der Waals surface area contributed by atoms with Crippen LogP contribution in [0.3, 0.4) is 0 Å². The van der Waals surface area contributed by atoms with Crippen molar-refractivity contribution in [2.24, 2.45) is 0 Å². The van der Waals surface area contributed by atoms with E-state index in [0.29, 0.717) is 13.0 Å². The zero-order chi connectivity index (χ0) is 15.6. The van der Waals surface area contributed by atoms with Crippen LogP contribution in [0.5, 0.6) is 0 Å². The van der Waals surface area contributed by atoms with Crippen molar-refractivity contribution in [3.05, 3.63) is 12.2 Å². The first-order valence-electron chi connectivity index (χ1n) is 6.92. The lowest BCUT2D eigenvalue weighted by Crippen LogP contribution is -2.53. The Kier molecular flexibility index (Phi) is 5.32. The molecule has 1 atom stereocenters. The van der Waals surface area contributed by atoms with Crippen LogP contribution >= 0.6 is 0 Å². The highest BCUT2D eigenvalue weighted by molar-refractivity contribution is 7.92. The lowest BCUT2D eigenvalue weighted by Gasteiger charge is -2.33. The molecule has 0 aliphatic rings. The van der Waals surface area contributed by atoms with Gasteiger partial charge < -0.3 is 5.32 Å². The second-order valence-corrected chi connectivity index (χ2v) is 8.50. The van der Waals surface area contributed by atoms with Gasteiger partial charge in [0.05, 0.1) is 4.75 Å². The zero-order valence-corrected chi connectivity index (χ0v) is 14.0. The average molecular weight is 302 g/mol. The molecule has 0 saturated heterocycles. The first kappa shape index (κ1) is 17.1. The summed E-state index contributed by atoms with van der Waals surface area (Å²) in [7, 11) is -3.18. The number of hydrogen-bond acceptors (Lipinski definition) is 5. The maximum atomic E-state index is 12.0. The molecule has 1 aromatic heterocycles. The van der Waals surface area contributed by atoms with E-state index >= 15 is 0 Å². The van der Waals surface area contributed by atoms with E-state index in [1.807, 2.05) is 25.5 Å². The molecule has 1 rings (SSSR count). The molecule has 0 amide bonds. The maximum Gasteiger partial charge on any atom is 0.154 e. The van der Waals surface area contributed by atoms with Gasteiger partial charge in [-0.15, -0.1) is 0 Å². The average Bonchev–Trinajstić information content (AvgIpc) is 2.75. The van der Waals surface area contributed by atoms with E-state index in [9.17, 15) is 8.42 Å². The van der Waals surface area contributed by atoms with Gasteiger partial charge in [-0.05, 0) is 34.2 Å². The van der Waals surface area contributed by atoms with Crippen molar-refractivity contribution in [3.63, 3.8) is 0 Å². The fourth-order valence-corrected chi connectivity index (χ4v) is 2.79. The molecule has 0 saturated carbocycles. The van der Waals surface area contributed by atoms with Crippen molar-refractivity contribution in [3.8, 4) is 0 Å². The summed E-state index contributed by atoms with van der Waals surface area (Å²) in [5, 5.41) is 7.48. The minimum Gasteiger partial charge on any atom is -0.312 e.